The Labute approximate surface area is 135 Å². The van der Waals surface area contributed by atoms with Crippen molar-refractivity contribution in [2.45, 2.75) is 32.7 Å². The Kier molecular flexibility index (Phi) is 5.37. The average Bonchev–Trinajstić information content (AvgIpc) is 3.01. The summed E-state index contributed by atoms with van der Waals surface area (Å²) >= 11 is 0. The largest absolute Gasteiger partial charge is 0.341 e. The molecule has 5 heteroatoms. The molecule has 0 bridgehead atoms. The standard InChI is InChI=1S/C17H32N4O/c1-14-9-15(2)12-21(11-14)17(22)13-19-5-7-20(8-6-19)16-3-4-18-10-16/h14-16,18H,3-13H2,1-2H3. The van der Waals surface area contributed by atoms with Crippen molar-refractivity contribution >= 4 is 5.91 Å². The average molecular weight is 308 g/mol. The first-order valence-electron chi connectivity index (χ1n) is 9.06. The number of likely N-dealkylation sites (tertiary alicyclic amines) is 1. The molecule has 3 saturated heterocycles. The zero-order chi connectivity index (χ0) is 15.5. The van der Waals surface area contributed by atoms with Gasteiger partial charge in [-0.3, -0.25) is 14.6 Å². The number of amides is 1. The molecule has 3 unspecified atom stereocenters. The third-order valence-corrected chi connectivity index (χ3v) is 5.54. The second-order valence-corrected chi connectivity index (χ2v) is 7.70. The Bertz CT molecular complexity index is 365. The van der Waals surface area contributed by atoms with Crippen molar-refractivity contribution < 1.29 is 4.79 Å². The lowest BCUT2D eigenvalue weighted by Gasteiger charge is -2.39. The van der Waals surface area contributed by atoms with Gasteiger partial charge in [-0.2, -0.15) is 0 Å². The molecule has 3 aliphatic heterocycles. The normalized spacial score (nSPS) is 35.0. The van der Waals surface area contributed by atoms with E-state index >= 15 is 0 Å². The molecular formula is C17H32N4O. The molecule has 1 N–H and O–H groups in total. The van der Waals surface area contributed by atoms with Gasteiger partial charge in [0, 0.05) is 51.9 Å². The van der Waals surface area contributed by atoms with Gasteiger partial charge in [0.05, 0.1) is 6.54 Å². The fourth-order valence-electron chi connectivity index (χ4n) is 4.40. The third kappa shape index (κ3) is 4.00. The van der Waals surface area contributed by atoms with Crippen LogP contribution in [0.1, 0.15) is 26.7 Å². The fraction of sp³-hybridized carbons (Fsp3) is 0.941. The Morgan fingerprint density at radius 2 is 1.77 bits per heavy atom. The number of nitrogens with zero attached hydrogens (tertiary/aromatic N) is 3. The highest BCUT2D eigenvalue weighted by atomic mass is 16.2. The van der Waals surface area contributed by atoms with Crippen LogP contribution in [-0.2, 0) is 4.79 Å². The first kappa shape index (κ1) is 16.2. The van der Waals surface area contributed by atoms with Crippen LogP contribution in [0.4, 0.5) is 0 Å². The van der Waals surface area contributed by atoms with Gasteiger partial charge in [-0.15, -0.1) is 0 Å². The quantitative estimate of drug-likeness (QED) is 0.823. The predicted molar refractivity (Wildman–Crippen MR) is 88.8 cm³/mol. The Balaban J connectivity index is 1.43. The van der Waals surface area contributed by atoms with Gasteiger partial charge in [-0.25, -0.2) is 0 Å². The van der Waals surface area contributed by atoms with Gasteiger partial charge in [0.25, 0.3) is 0 Å². The van der Waals surface area contributed by atoms with E-state index in [1.807, 2.05) is 0 Å². The summed E-state index contributed by atoms with van der Waals surface area (Å²) in [6.07, 6.45) is 2.54. The van der Waals surface area contributed by atoms with Crippen LogP contribution in [0.5, 0.6) is 0 Å². The molecule has 0 radical (unpaired) electrons. The Morgan fingerprint density at radius 1 is 1.09 bits per heavy atom. The maximum atomic E-state index is 12.6. The van der Waals surface area contributed by atoms with Crippen molar-refractivity contribution in [1.82, 2.24) is 20.0 Å². The molecule has 126 valence electrons. The van der Waals surface area contributed by atoms with E-state index in [-0.39, 0.29) is 0 Å². The van der Waals surface area contributed by atoms with Crippen molar-refractivity contribution in [3.8, 4) is 0 Å². The van der Waals surface area contributed by atoms with Gasteiger partial charge in [0.2, 0.25) is 5.91 Å². The molecule has 5 nitrogen and oxygen atoms in total. The van der Waals surface area contributed by atoms with Gasteiger partial charge in [0.1, 0.15) is 0 Å². The molecular weight excluding hydrogens is 276 g/mol. The maximum Gasteiger partial charge on any atom is 0.236 e. The second kappa shape index (κ2) is 7.28. The molecule has 3 atom stereocenters. The first-order chi connectivity index (χ1) is 10.6. The van der Waals surface area contributed by atoms with Crippen molar-refractivity contribution in [3.63, 3.8) is 0 Å². The molecule has 0 spiro atoms. The van der Waals surface area contributed by atoms with E-state index in [4.69, 9.17) is 0 Å². The Hall–Kier alpha value is -0.650. The minimum absolute atomic E-state index is 0.342. The van der Waals surface area contributed by atoms with E-state index in [0.29, 0.717) is 24.3 Å². The molecule has 3 fully saturated rings. The van der Waals surface area contributed by atoms with Crippen molar-refractivity contribution in [3.05, 3.63) is 0 Å². The summed E-state index contributed by atoms with van der Waals surface area (Å²) in [5.74, 6) is 1.65. The zero-order valence-electron chi connectivity index (χ0n) is 14.3. The third-order valence-electron chi connectivity index (χ3n) is 5.54. The summed E-state index contributed by atoms with van der Waals surface area (Å²) in [4.78, 5) is 19.6. The first-order valence-corrected chi connectivity index (χ1v) is 9.06. The summed E-state index contributed by atoms with van der Waals surface area (Å²) in [6, 6.07) is 0.724. The number of piperazine rings is 1. The number of hydrogen-bond acceptors (Lipinski definition) is 4. The zero-order valence-corrected chi connectivity index (χ0v) is 14.3. The lowest BCUT2D eigenvalue weighted by atomic mass is 9.92. The highest BCUT2D eigenvalue weighted by Gasteiger charge is 2.29. The van der Waals surface area contributed by atoms with Gasteiger partial charge in [-0.1, -0.05) is 13.8 Å². The molecule has 0 aromatic rings. The Morgan fingerprint density at radius 3 is 2.36 bits per heavy atom. The van der Waals surface area contributed by atoms with Crippen molar-refractivity contribution in [2.24, 2.45) is 11.8 Å². The molecule has 0 aromatic carbocycles. The van der Waals surface area contributed by atoms with Gasteiger partial charge >= 0.3 is 0 Å². The summed E-state index contributed by atoms with van der Waals surface area (Å²) in [5, 5.41) is 3.45. The topological polar surface area (TPSA) is 38.8 Å². The van der Waals surface area contributed by atoms with Crippen LogP contribution >= 0.6 is 0 Å². The molecule has 3 aliphatic rings. The molecule has 0 aliphatic carbocycles. The number of hydrogen-bond donors (Lipinski definition) is 1. The monoisotopic (exact) mass is 308 g/mol. The van der Waals surface area contributed by atoms with Crippen LogP contribution in [-0.4, -0.2) is 85.6 Å². The summed E-state index contributed by atoms with van der Waals surface area (Å²) < 4.78 is 0. The number of carbonyl (C=O) groups excluding carboxylic acids is 1. The van der Waals surface area contributed by atoms with E-state index in [2.05, 4.69) is 33.9 Å². The molecule has 0 aromatic heterocycles. The van der Waals surface area contributed by atoms with Crippen LogP contribution in [0.25, 0.3) is 0 Å². The molecule has 3 rings (SSSR count). The van der Waals surface area contributed by atoms with Crippen molar-refractivity contribution in [1.29, 1.82) is 0 Å². The molecule has 0 saturated carbocycles. The van der Waals surface area contributed by atoms with Crippen molar-refractivity contribution in [2.75, 3.05) is 58.9 Å². The van der Waals surface area contributed by atoms with Gasteiger partial charge in [0.15, 0.2) is 0 Å². The van der Waals surface area contributed by atoms with Gasteiger partial charge in [-0.05, 0) is 31.2 Å². The summed E-state index contributed by atoms with van der Waals surface area (Å²) in [5.41, 5.74) is 0. The van der Waals surface area contributed by atoms with Crippen LogP contribution in [0, 0.1) is 11.8 Å². The number of nitrogens with one attached hydrogen (secondary N) is 1. The van der Waals surface area contributed by atoms with Crippen LogP contribution in [0.3, 0.4) is 0 Å². The van der Waals surface area contributed by atoms with Gasteiger partial charge < -0.3 is 10.2 Å². The summed E-state index contributed by atoms with van der Waals surface area (Å²) in [7, 11) is 0. The maximum absolute atomic E-state index is 12.6. The number of piperidine rings is 1. The van der Waals surface area contributed by atoms with E-state index in [9.17, 15) is 4.79 Å². The van der Waals surface area contributed by atoms with E-state index in [0.717, 1.165) is 58.4 Å². The van der Waals surface area contributed by atoms with Crippen LogP contribution < -0.4 is 5.32 Å². The fourth-order valence-corrected chi connectivity index (χ4v) is 4.40. The SMILES string of the molecule is CC1CC(C)CN(C(=O)CN2CCN(C3CCNC3)CC2)C1. The molecule has 1 amide bonds. The molecule has 3 heterocycles. The smallest absolute Gasteiger partial charge is 0.236 e. The predicted octanol–water partition coefficient (Wildman–Crippen LogP) is 0.470. The lowest BCUT2D eigenvalue weighted by molar-refractivity contribution is -0.135. The van der Waals surface area contributed by atoms with E-state index in [1.54, 1.807) is 0 Å². The lowest BCUT2D eigenvalue weighted by Crippen LogP contribution is -2.54. The minimum atomic E-state index is 0.342. The number of carbonyl (C=O) groups is 1. The highest BCUT2D eigenvalue weighted by molar-refractivity contribution is 5.78. The van der Waals surface area contributed by atoms with Crippen LogP contribution in [0.15, 0.2) is 0 Å². The van der Waals surface area contributed by atoms with E-state index in [1.165, 1.54) is 12.8 Å². The highest BCUT2D eigenvalue weighted by Crippen LogP contribution is 2.21. The van der Waals surface area contributed by atoms with E-state index < -0.39 is 0 Å². The summed E-state index contributed by atoms with van der Waals surface area (Å²) in [6.45, 7) is 13.7. The minimum Gasteiger partial charge on any atom is -0.341 e. The van der Waals surface area contributed by atoms with Crippen LogP contribution in [0.2, 0.25) is 0 Å². The second-order valence-electron chi connectivity index (χ2n) is 7.70. The number of rotatable bonds is 3. The molecule has 22 heavy (non-hydrogen) atoms.